The molecule has 2 N–H and O–H groups in total. The van der Waals surface area contributed by atoms with Gasteiger partial charge in [0.2, 0.25) is 0 Å². The van der Waals surface area contributed by atoms with Gasteiger partial charge in [-0.25, -0.2) is 4.79 Å². The molecular weight excluding hydrogens is 230 g/mol. The smallest absolute Gasteiger partial charge is 0.326 e. The van der Waals surface area contributed by atoms with E-state index in [4.69, 9.17) is 9.84 Å². The first-order valence-corrected chi connectivity index (χ1v) is 6.29. The van der Waals surface area contributed by atoms with Crippen LogP contribution in [0.4, 0.5) is 5.69 Å². The minimum absolute atomic E-state index is 0.135. The lowest BCUT2D eigenvalue weighted by Crippen LogP contribution is -2.28. The van der Waals surface area contributed by atoms with Crippen LogP contribution in [0.5, 0.6) is 5.75 Å². The van der Waals surface area contributed by atoms with Crippen molar-refractivity contribution in [1.29, 1.82) is 0 Å². The highest BCUT2D eigenvalue weighted by atomic mass is 16.5. The second-order valence-corrected chi connectivity index (χ2v) is 4.51. The summed E-state index contributed by atoms with van der Waals surface area (Å²) >= 11 is 0. The highest BCUT2D eigenvalue weighted by Crippen LogP contribution is 2.18. The summed E-state index contributed by atoms with van der Waals surface area (Å²) in [5.41, 5.74) is 0.798. The molecule has 0 saturated heterocycles. The molecule has 1 aromatic rings. The Morgan fingerprint density at radius 1 is 1.33 bits per heavy atom. The van der Waals surface area contributed by atoms with Gasteiger partial charge in [0.25, 0.3) is 0 Å². The van der Waals surface area contributed by atoms with E-state index in [0.29, 0.717) is 6.42 Å². The number of anilines is 1. The van der Waals surface area contributed by atoms with E-state index in [1.807, 2.05) is 45.0 Å². The number of nitrogens with one attached hydrogen (secondary N) is 1. The number of carbonyl (C=O) groups is 1. The summed E-state index contributed by atoms with van der Waals surface area (Å²) in [6, 6.07) is 6.82. The molecule has 0 bridgehead atoms. The number of rotatable bonds is 7. The first kappa shape index (κ1) is 14.4. The zero-order valence-electron chi connectivity index (χ0n) is 11.1. The van der Waals surface area contributed by atoms with Crippen molar-refractivity contribution in [2.75, 3.05) is 5.32 Å². The predicted octanol–water partition coefficient (Wildman–Crippen LogP) is 3.14. The number of benzene rings is 1. The van der Waals surface area contributed by atoms with Crippen molar-refractivity contribution in [3.63, 3.8) is 0 Å². The normalized spacial score (nSPS) is 12.2. The number of carboxylic acids is 1. The Bertz CT molecular complexity index is 373. The van der Waals surface area contributed by atoms with E-state index < -0.39 is 12.0 Å². The molecule has 0 spiro atoms. The fraction of sp³-hybridized carbons (Fsp3) is 0.500. The molecule has 0 heterocycles. The monoisotopic (exact) mass is 251 g/mol. The topological polar surface area (TPSA) is 58.6 Å². The third-order valence-corrected chi connectivity index (χ3v) is 2.44. The first-order chi connectivity index (χ1) is 8.52. The number of carboxylic acid groups (broad SMARTS) is 1. The van der Waals surface area contributed by atoms with Crippen LogP contribution in [0.3, 0.4) is 0 Å². The molecule has 4 nitrogen and oxygen atoms in total. The van der Waals surface area contributed by atoms with E-state index in [0.717, 1.165) is 17.9 Å². The fourth-order valence-corrected chi connectivity index (χ4v) is 1.65. The van der Waals surface area contributed by atoms with Gasteiger partial charge in [-0.05, 0) is 44.5 Å². The maximum Gasteiger partial charge on any atom is 0.326 e. The van der Waals surface area contributed by atoms with Crippen LogP contribution in [-0.4, -0.2) is 23.2 Å². The van der Waals surface area contributed by atoms with E-state index in [1.54, 1.807) is 0 Å². The predicted molar refractivity (Wildman–Crippen MR) is 72.2 cm³/mol. The molecule has 4 heteroatoms. The maximum atomic E-state index is 11.0. The number of aliphatic carboxylic acids is 1. The maximum absolute atomic E-state index is 11.0. The van der Waals surface area contributed by atoms with Crippen molar-refractivity contribution in [3.05, 3.63) is 24.3 Å². The highest BCUT2D eigenvalue weighted by Gasteiger charge is 2.15. The van der Waals surface area contributed by atoms with Crippen LogP contribution in [0.15, 0.2) is 24.3 Å². The molecule has 0 aliphatic rings. The van der Waals surface area contributed by atoms with Crippen molar-refractivity contribution >= 4 is 11.7 Å². The standard InChI is InChI=1S/C14H21NO3/c1-4-5-13(14(16)17)15-11-6-8-12(9-7-11)18-10(2)3/h6-10,13,15H,4-5H2,1-3H3,(H,16,17). The van der Waals surface area contributed by atoms with Gasteiger partial charge in [0.1, 0.15) is 11.8 Å². The average molecular weight is 251 g/mol. The Hall–Kier alpha value is -1.71. The molecule has 1 unspecified atom stereocenters. The quantitative estimate of drug-likeness (QED) is 0.781. The van der Waals surface area contributed by atoms with Gasteiger partial charge in [0.05, 0.1) is 6.10 Å². The van der Waals surface area contributed by atoms with Crippen molar-refractivity contribution in [1.82, 2.24) is 0 Å². The van der Waals surface area contributed by atoms with Crippen molar-refractivity contribution in [2.24, 2.45) is 0 Å². The minimum atomic E-state index is -0.820. The number of hydrogen-bond donors (Lipinski definition) is 2. The third-order valence-electron chi connectivity index (χ3n) is 2.44. The van der Waals surface area contributed by atoms with Crippen LogP contribution in [0.1, 0.15) is 33.6 Å². The molecule has 0 fully saturated rings. The Balaban J connectivity index is 2.64. The summed E-state index contributed by atoms with van der Waals surface area (Å²) in [5.74, 6) is -0.0303. The summed E-state index contributed by atoms with van der Waals surface area (Å²) in [6.45, 7) is 5.90. The first-order valence-electron chi connectivity index (χ1n) is 6.29. The van der Waals surface area contributed by atoms with E-state index in [1.165, 1.54) is 0 Å². The van der Waals surface area contributed by atoms with Gasteiger partial charge in [-0.3, -0.25) is 0 Å². The molecule has 18 heavy (non-hydrogen) atoms. The van der Waals surface area contributed by atoms with Gasteiger partial charge >= 0.3 is 5.97 Å². The lowest BCUT2D eigenvalue weighted by atomic mass is 10.1. The van der Waals surface area contributed by atoms with Crippen LogP contribution < -0.4 is 10.1 Å². The molecule has 0 saturated carbocycles. The van der Waals surface area contributed by atoms with Gasteiger partial charge in [-0.15, -0.1) is 0 Å². The van der Waals surface area contributed by atoms with Crippen molar-refractivity contribution in [3.8, 4) is 5.75 Å². The van der Waals surface area contributed by atoms with E-state index in [2.05, 4.69) is 5.32 Å². The van der Waals surface area contributed by atoms with Gasteiger partial charge < -0.3 is 15.2 Å². The largest absolute Gasteiger partial charge is 0.491 e. The molecule has 0 amide bonds. The molecular formula is C14H21NO3. The van der Waals surface area contributed by atoms with Gasteiger partial charge in [0.15, 0.2) is 0 Å². The molecule has 100 valence electrons. The average Bonchev–Trinajstić information content (AvgIpc) is 2.30. The summed E-state index contributed by atoms with van der Waals surface area (Å²) in [7, 11) is 0. The lowest BCUT2D eigenvalue weighted by Gasteiger charge is -2.15. The second kappa shape index (κ2) is 6.89. The second-order valence-electron chi connectivity index (χ2n) is 4.51. The van der Waals surface area contributed by atoms with Crippen LogP contribution in [0.25, 0.3) is 0 Å². The Labute approximate surface area is 108 Å². The Morgan fingerprint density at radius 2 is 1.94 bits per heavy atom. The van der Waals surface area contributed by atoms with Crippen LogP contribution >= 0.6 is 0 Å². The molecule has 1 atom stereocenters. The lowest BCUT2D eigenvalue weighted by molar-refractivity contribution is -0.138. The molecule has 0 aromatic heterocycles. The SMILES string of the molecule is CCCC(Nc1ccc(OC(C)C)cc1)C(=O)O. The van der Waals surface area contributed by atoms with E-state index in [9.17, 15) is 4.79 Å². The highest BCUT2D eigenvalue weighted by molar-refractivity contribution is 5.77. The van der Waals surface area contributed by atoms with Crippen LogP contribution in [-0.2, 0) is 4.79 Å². The van der Waals surface area contributed by atoms with Gasteiger partial charge in [-0.2, -0.15) is 0 Å². The third kappa shape index (κ3) is 4.65. The van der Waals surface area contributed by atoms with E-state index >= 15 is 0 Å². The summed E-state index contributed by atoms with van der Waals surface area (Å²) in [5, 5.41) is 12.1. The molecule has 1 aromatic carbocycles. The molecule has 0 radical (unpaired) electrons. The zero-order chi connectivity index (χ0) is 13.5. The molecule has 0 aliphatic heterocycles. The molecule has 1 rings (SSSR count). The van der Waals surface area contributed by atoms with Gasteiger partial charge in [-0.1, -0.05) is 13.3 Å². The molecule has 0 aliphatic carbocycles. The number of hydrogen-bond acceptors (Lipinski definition) is 3. The van der Waals surface area contributed by atoms with Crippen LogP contribution in [0.2, 0.25) is 0 Å². The van der Waals surface area contributed by atoms with Crippen LogP contribution in [0, 0.1) is 0 Å². The van der Waals surface area contributed by atoms with Crippen molar-refractivity contribution in [2.45, 2.75) is 45.8 Å². The van der Waals surface area contributed by atoms with E-state index in [-0.39, 0.29) is 6.10 Å². The number of ether oxygens (including phenoxy) is 1. The minimum Gasteiger partial charge on any atom is -0.491 e. The Morgan fingerprint density at radius 3 is 2.39 bits per heavy atom. The van der Waals surface area contributed by atoms with Gasteiger partial charge in [0, 0.05) is 5.69 Å². The van der Waals surface area contributed by atoms with Crippen molar-refractivity contribution < 1.29 is 14.6 Å². The fourth-order valence-electron chi connectivity index (χ4n) is 1.65. The summed E-state index contributed by atoms with van der Waals surface area (Å²) in [4.78, 5) is 11.0. The zero-order valence-corrected chi connectivity index (χ0v) is 11.1. The summed E-state index contributed by atoms with van der Waals surface area (Å²) in [6.07, 6.45) is 1.58. The Kier molecular flexibility index (Phi) is 5.49. The summed E-state index contributed by atoms with van der Waals surface area (Å²) < 4.78 is 5.53.